The number of amides is 2. The van der Waals surface area contributed by atoms with Gasteiger partial charge >= 0.3 is 0 Å². The van der Waals surface area contributed by atoms with Gasteiger partial charge in [0.15, 0.2) is 0 Å². The second kappa shape index (κ2) is 7.40. The lowest BCUT2D eigenvalue weighted by molar-refractivity contribution is -0.136. The minimum absolute atomic E-state index is 0.0334. The molecule has 8 heteroatoms. The van der Waals surface area contributed by atoms with Crippen molar-refractivity contribution in [2.24, 2.45) is 5.92 Å². The first kappa shape index (κ1) is 19.1. The summed E-state index contributed by atoms with van der Waals surface area (Å²) in [5.41, 5.74) is 2.04. The Balaban J connectivity index is 1.36. The maximum Gasteiger partial charge on any atom is 0.228 e. The topological polar surface area (TPSA) is 69.3 Å². The molecule has 2 aromatic carbocycles. The van der Waals surface area contributed by atoms with Crippen molar-refractivity contribution in [2.45, 2.75) is 25.3 Å². The van der Waals surface area contributed by atoms with Gasteiger partial charge in [-0.1, -0.05) is 11.6 Å². The summed E-state index contributed by atoms with van der Waals surface area (Å²) in [4.78, 5) is 37.1. The lowest BCUT2D eigenvalue weighted by Gasteiger charge is -2.26. The van der Waals surface area contributed by atoms with Crippen LogP contribution in [0.5, 0.6) is 0 Å². The van der Waals surface area contributed by atoms with Crippen LogP contribution in [0, 0.1) is 11.7 Å². The number of carbonyl (C=O) groups is 2. The summed E-state index contributed by atoms with van der Waals surface area (Å²) in [6.45, 7) is 0.981. The Morgan fingerprint density at radius 2 is 2.00 bits per heavy atom. The fourth-order valence-corrected chi connectivity index (χ4v) is 4.58. The van der Waals surface area contributed by atoms with E-state index in [0.29, 0.717) is 35.0 Å². The number of likely N-dealkylation sites (tertiary alicyclic amines) is 1. The number of H-pyrrole nitrogens is 1. The van der Waals surface area contributed by atoms with Gasteiger partial charge in [0.2, 0.25) is 11.8 Å². The van der Waals surface area contributed by atoms with Crippen LogP contribution in [-0.4, -0.2) is 39.8 Å². The summed E-state index contributed by atoms with van der Waals surface area (Å²) >= 11 is 5.94. The number of anilines is 1. The fraction of sp³-hybridized carbons (Fsp3) is 0.318. The average molecular weight is 427 g/mol. The lowest BCUT2D eigenvalue weighted by Crippen LogP contribution is -2.37. The van der Waals surface area contributed by atoms with Crippen LogP contribution in [0.4, 0.5) is 10.1 Å². The van der Waals surface area contributed by atoms with Crippen molar-refractivity contribution < 1.29 is 14.0 Å². The van der Waals surface area contributed by atoms with Gasteiger partial charge in [0.05, 0.1) is 23.0 Å². The Hall–Kier alpha value is -2.93. The van der Waals surface area contributed by atoms with Crippen molar-refractivity contribution in [3.8, 4) is 0 Å². The summed E-state index contributed by atoms with van der Waals surface area (Å²) in [5.74, 6) is -0.153. The first-order chi connectivity index (χ1) is 14.5. The van der Waals surface area contributed by atoms with Gasteiger partial charge in [-0.3, -0.25) is 9.59 Å². The predicted molar refractivity (Wildman–Crippen MR) is 112 cm³/mol. The molecule has 0 bridgehead atoms. The highest BCUT2D eigenvalue weighted by atomic mass is 35.5. The quantitative estimate of drug-likeness (QED) is 0.686. The number of imidazole rings is 1. The Morgan fingerprint density at radius 1 is 1.20 bits per heavy atom. The molecule has 1 N–H and O–H groups in total. The van der Waals surface area contributed by atoms with E-state index in [4.69, 9.17) is 11.6 Å². The standard InChI is InChI=1S/C22H20ClFN4O2/c23-14-3-6-16(7-4-14)28-12-13(10-20(28)29)22(30)27-9-1-2-19(27)21-25-17-8-5-15(24)11-18(17)26-21/h3-8,11,13,19H,1-2,9-10,12H2,(H,25,26). The Morgan fingerprint density at radius 3 is 2.80 bits per heavy atom. The van der Waals surface area contributed by atoms with Crippen molar-refractivity contribution in [1.29, 1.82) is 0 Å². The molecule has 2 fully saturated rings. The number of aromatic amines is 1. The molecular weight excluding hydrogens is 407 g/mol. The molecule has 2 saturated heterocycles. The van der Waals surface area contributed by atoms with E-state index in [1.165, 1.54) is 12.1 Å². The molecule has 2 atom stereocenters. The Bertz CT molecular complexity index is 1130. The number of carbonyl (C=O) groups excluding carboxylic acids is 2. The van der Waals surface area contributed by atoms with Gasteiger partial charge in [0, 0.05) is 30.2 Å². The molecule has 3 heterocycles. The van der Waals surface area contributed by atoms with Crippen LogP contribution in [0.1, 0.15) is 31.1 Å². The molecular formula is C22H20ClFN4O2. The molecule has 6 nitrogen and oxygen atoms in total. The van der Waals surface area contributed by atoms with E-state index in [2.05, 4.69) is 9.97 Å². The second-order valence-electron chi connectivity index (χ2n) is 7.85. The fourth-order valence-electron chi connectivity index (χ4n) is 4.45. The summed E-state index contributed by atoms with van der Waals surface area (Å²) in [5, 5.41) is 0.601. The van der Waals surface area contributed by atoms with Crippen LogP contribution >= 0.6 is 11.6 Å². The van der Waals surface area contributed by atoms with Crippen LogP contribution in [0.15, 0.2) is 42.5 Å². The zero-order valence-corrected chi connectivity index (χ0v) is 16.9. The number of hydrogen-bond donors (Lipinski definition) is 1. The van der Waals surface area contributed by atoms with Crippen LogP contribution in [-0.2, 0) is 9.59 Å². The largest absolute Gasteiger partial charge is 0.340 e. The van der Waals surface area contributed by atoms with Gasteiger partial charge in [-0.15, -0.1) is 0 Å². The Kier molecular flexibility index (Phi) is 4.70. The number of halogens is 2. The molecule has 2 unspecified atom stereocenters. The molecule has 30 heavy (non-hydrogen) atoms. The van der Waals surface area contributed by atoms with Gasteiger partial charge < -0.3 is 14.8 Å². The van der Waals surface area contributed by atoms with E-state index in [1.54, 1.807) is 35.2 Å². The van der Waals surface area contributed by atoms with Crippen molar-refractivity contribution in [3.05, 3.63) is 59.1 Å². The van der Waals surface area contributed by atoms with E-state index >= 15 is 0 Å². The Labute approximate surface area is 177 Å². The number of aromatic nitrogens is 2. The molecule has 2 aliphatic rings. The van der Waals surface area contributed by atoms with Gasteiger partial charge in [-0.25, -0.2) is 9.37 Å². The van der Waals surface area contributed by atoms with Gasteiger partial charge in [0.25, 0.3) is 0 Å². The second-order valence-corrected chi connectivity index (χ2v) is 8.29. The van der Waals surface area contributed by atoms with Crippen molar-refractivity contribution in [2.75, 3.05) is 18.0 Å². The van der Waals surface area contributed by atoms with E-state index in [-0.39, 0.29) is 30.1 Å². The minimum atomic E-state index is -0.393. The zero-order valence-electron chi connectivity index (χ0n) is 16.1. The normalized spacial score (nSPS) is 21.7. The summed E-state index contributed by atoms with van der Waals surface area (Å²) in [6, 6.07) is 11.3. The molecule has 0 radical (unpaired) electrons. The maximum absolute atomic E-state index is 13.5. The predicted octanol–water partition coefficient (Wildman–Crippen LogP) is 4.07. The highest BCUT2D eigenvalue weighted by Gasteiger charge is 2.41. The molecule has 5 rings (SSSR count). The smallest absolute Gasteiger partial charge is 0.228 e. The molecule has 2 amide bonds. The third kappa shape index (κ3) is 3.33. The first-order valence-electron chi connectivity index (χ1n) is 10.0. The average Bonchev–Trinajstić information content (AvgIpc) is 3.45. The third-order valence-corrected chi connectivity index (χ3v) is 6.18. The molecule has 2 aliphatic heterocycles. The number of benzene rings is 2. The number of fused-ring (bicyclic) bond motifs is 1. The zero-order chi connectivity index (χ0) is 20.8. The van der Waals surface area contributed by atoms with Crippen LogP contribution in [0.2, 0.25) is 5.02 Å². The van der Waals surface area contributed by atoms with Crippen LogP contribution in [0.3, 0.4) is 0 Å². The number of nitrogens with one attached hydrogen (secondary N) is 1. The van der Waals surface area contributed by atoms with Gasteiger partial charge in [0.1, 0.15) is 11.6 Å². The monoisotopic (exact) mass is 426 g/mol. The highest BCUT2D eigenvalue weighted by Crippen LogP contribution is 2.35. The number of hydrogen-bond acceptors (Lipinski definition) is 3. The van der Waals surface area contributed by atoms with E-state index in [9.17, 15) is 14.0 Å². The highest BCUT2D eigenvalue weighted by molar-refractivity contribution is 6.30. The van der Waals surface area contributed by atoms with Gasteiger partial charge in [-0.05, 0) is 55.3 Å². The van der Waals surface area contributed by atoms with Crippen LogP contribution in [0.25, 0.3) is 11.0 Å². The third-order valence-electron chi connectivity index (χ3n) is 5.93. The first-order valence-corrected chi connectivity index (χ1v) is 10.4. The minimum Gasteiger partial charge on any atom is -0.340 e. The van der Waals surface area contributed by atoms with Crippen LogP contribution < -0.4 is 4.90 Å². The van der Waals surface area contributed by atoms with E-state index in [0.717, 1.165) is 18.5 Å². The molecule has 0 saturated carbocycles. The molecule has 154 valence electrons. The molecule has 3 aromatic rings. The van der Waals surface area contributed by atoms with Crippen molar-refractivity contribution >= 4 is 40.1 Å². The van der Waals surface area contributed by atoms with E-state index in [1.807, 2.05) is 4.90 Å². The number of rotatable bonds is 3. The summed E-state index contributed by atoms with van der Waals surface area (Å²) < 4.78 is 13.5. The van der Waals surface area contributed by atoms with Gasteiger partial charge in [-0.2, -0.15) is 0 Å². The van der Waals surface area contributed by atoms with Crippen molar-refractivity contribution in [3.63, 3.8) is 0 Å². The lowest BCUT2D eigenvalue weighted by atomic mass is 10.1. The number of nitrogens with zero attached hydrogens (tertiary/aromatic N) is 3. The summed E-state index contributed by atoms with van der Waals surface area (Å²) in [7, 11) is 0. The molecule has 0 spiro atoms. The van der Waals surface area contributed by atoms with Crippen molar-refractivity contribution in [1.82, 2.24) is 14.9 Å². The summed E-state index contributed by atoms with van der Waals surface area (Å²) in [6.07, 6.45) is 1.84. The molecule has 0 aliphatic carbocycles. The SMILES string of the molecule is O=C1CC(C(=O)N2CCCC2c2nc3ccc(F)cc3[nH]2)CN1c1ccc(Cl)cc1. The molecule has 1 aromatic heterocycles. The maximum atomic E-state index is 13.5. The van der Waals surface area contributed by atoms with E-state index < -0.39 is 5.92 Å².